The number of halogens is 4. The lowest BCUT2D eigenvalue weighted by molar-refractivity contribution is -0.141. The molecule has 2 aromatic heterocycles. The summed E-state index contributed by atoms with van der Waals surface area (Å²) in [5.74, 6) is -0.438. The summed E-state index contributed by atoms with van der Waals surface area (Å²) < 4.78 is 40.7. The molecule has 0 bridgehead atoms. The van der Waals surface area contributed by atoms with E-state index < -0.39 is 29.4 Å². The van der Waals surface area contributed by atoms with Gasteiger partial charge in [0.05, 0.1) is 27.7 Å². The Kier molecular flexibility index (Phi) is 5.47. The van der Waals surface area contributed by atoms with E-state index in [1.807, 2.05) is 0 Å². The molecule has 3 N–H and O–H groups in total. The fraction of sp³-hybridized carbons (Fsp3) is 0.143. The molecule has 0 amide bonds. The fourth-order valence-electron chi connectivity index (χ4n) is 3.30. The number of alkyl halides is 3. The second-order valence-electron chi connectivity index (χ2n) is 6.94. The van der Waals surface area contributed by atoms with Gasteiger partial charge in [-0.15, -0.1) is 0 Å². The SMILES string of the molecule is CC(Nc1cc(C(F)(F)F)nc(N)n1)c1nc2cccc(Cl)c2c(=O)n1-c1ccccc1. The van der Waals surface area contributed by atoms with Crippen LogP contribution in [0.3, 0.4) is 0 Å². The minimum absolute atomic E-state index is 0.155. The molecule has 11 heteroatoms. The fourth-order valence-corrected chi connectivity index (χ4v) is 3.55. The van der Waals surface area contributed by atoms with Crippen LogP contribution < -0.4 is 16.6 Å². The molecule has 0 aliphatic carbocycles. The molecule has 1 unspecified atom stereocenters. The van der Waals surface area contributed by atoms with Crippen LogP contribution >= 0.6 is 11.6 Å². The second-order valence-corrected chi connectivity index (χ2v) is 7.35. The summed E-state index contributed by atoms with van der Waals surface area (Å²) in [6, 6.07) is 13.6. The summed E-state index contributed by atoms with van der Waals surface area (Å²) in [5, 5.41) is 3.32. The Morgan fingerprint density at radius 2 is 1.78 bits per heavy atom. The van der Waals surface area contributed by atoms with Gasteiger partial charge >= 0.3 is 6.18 Å². The highest BCUT2D eigenvalue weighted by Gasteiger charge is 2.33. The Labute approximate surface area is 184 Å². The van der Waals surface area contributed by atoms with Crippen molar-refractivity contribution in [2.24, 2.45) is 0 Å². The highest BCUT2D eigenvalue weighted by molar-refractivity contribution is 6.35. The topological polar surface area (TPSA) is 98.7 Å². The average molecular weight is 461 g/mol. The van der Waals surface area contributed by atoms with Crippen molar-refractivity contribution in [3.05, 3.63) is 81.5 Å². The van der Waals surface area contributed by atoms with Crippen LogP contribution in [0.4, 0.5) is 24.9 Å². The summed E-state index contributed by atoms with van der Waals surface area (Å²) in [6.07, 6.45) is -4.69. The van der Waals surface area contributed by atoms with Crippen LogP contribution in [0.25, 0.3) is 16.6 Å². The first-order valence-corrected chi connectivity index (χ1v) is 9.78. The molecule has 7 nitrogen and oxygen atoms in total. The minimum atomic E-state index is -4.69. The van der Waals surface area contributed by atoms with Crippen LogP contribution in [0.1, 0.15) is 24.5 Å². The Bertz CT molecular complexity index is 1360. The van der Waals surface area contributed by atoms with Gasteiger partial charge in [-0.2, -0.15) is 18.2 Å². The third-order valence-corrected chi connectivity index (χ3v) is 4.99. The van der Waals surface area contributed by atoms with Crippen molar-refractivity contribution in [1.82, 2.24) is 19.5 Å². The molecule has 0 aliphatic rings. The Morgan fingerprint density at radius 3 is 2.47 bits per heavy atom. The van der Waals surface area contributed by atoms with Crippen LogP contribution in [-0.4, -0.2) is 19.5 Å². The van der Waals surface area contributed by atoms with Gasteiger partial charge in [-0.25, -0.2) is 9.97 Å². The number of para-hydroxylation sites is 1. The van der Waals surface area contributed by atoms with Gasteiger partial charge in [0.2, 0.25) is 5.95 Å². The van der Waals surface area contributed by atoms with Crippen LogP contribution in [0, 0.1) is 0 Å². The van der Waals surface area contributed by atoms with E-state index in [1.165, 1.54) is 4.57 Å². The molecule has 2 heterocycles. The van der Waals surface area contributed by atoms with Crippen molar-refractivity contribution in [2.75, 3.05) is 11.1 Å². The number of nitrogens with two attached hydrogens (primary N) is 1. The number of rotatable bonds is 4. The molecule has 4 aromatic rings. The van der Waals surface area contributed by atoms with Gasteiger partial charge in [-0.05, 0) is 31.2 Å². The standard InChI is InChI=1S/C21H16ClF3N6O/c1-11(27-16-10-15(21(23,24)25)29-20(26)30-16)18-28-14-9-5-8-13(22)17(14)19(32)31(18)12-6-3-2-4-7-12/h2-11H,1H3,(H3,26,27,29,30). The molecular weight excluding hydrogens is 445 g/mol. The zero-order valence-corrected chi connectivity index (χ0v) is 17.3. The van der Waals surface area contributed by atoms with Gasteiger partial charge in [-0.3, -0.25) is 9.36 Å². The van der Waals surface area contributed by atoms with E-state index in [1.54, 1.807) is 55.5 Å². The summed E-state index contributed by atoms with van der Waals surface area (Å²) in [7, 11) is 0. The molecule has 2 aromatic carbocycles. The molecule has 0 spiro atoms. The van der Waals surface area contributed by atoms with Crippen LogP contribution in [-0.2, 0) is 6.18 Å². The summed E-state index contributed by atoms with van der Waals surface area (Å²) in [6.45, 7) is 1.64. The van der Waals surface area contributed by atoms with Gasteiger partial charge in [-0.1, -0.05) is 35.9 Å². The third kappa shape index (κ3) is 4.09. The van der Waals surface area contributed by atoms with E-state index in [0.29, 0.717) is 11.2 Å². The van der Waals surface area contributed by atoms with E-state index in [9.17, 15) is 18.0 Å². The van der Waals surface area contributed by atoms with E-state index in [0.717, 1.165) is 6.07 Å². The molecule has 0 saturated carbocycles. The predicted octanol–water partition coefficient (Wildman–Crippen LogP) is 4.60. The number of anilines is 2. The number of benzene rings is 2. The maximum atomic E-state index is 13.4. The normalized spacial score (nSPS) is 12.7. The number of nitrogen functional groups attached to an aromatic ring is 1. The van der Waals surface area contributed by atoms with Gasteiger partial charge in [0, 0.05) is 6.07 Å². The maximum Gasteiger partial charge on any atom is 0.433 e. The molecule has 0 fully saturated rings. The van der Waals surface area contributed by atoms with Crippen molar-refractivity contribution < 1.29 is 13.2 Å². The zero-order chi connectivity index (χ0) is 23.0. The van der Waals surface area contributed by atoms with Crippen molar-refractivity contribution in [3.8, 4) is 5.69 Å². The highest BCUT2D eigenvalue weighted by Crippen LogP contribution is 2.30. The van der Waals surface area contributed by atoms with Gasteiger partial charge in [0.1, 0.15) is 11.6 Å². The number of aromatic nitrogens is 4. The number of hydrogen-bond donors (Lipinski definition) is 2. The molecule has 0 aliphatic heterocycles. The lowest BCUT2D eigenvalue weighted by atomic mass is 10.2. The van der Waals surface area contributed by atoms with Crippen molar-refractivity contribution in [1.29, 1.82) is 0 Å². The second kappa shape index (κ2) is 8.12. The number of hydrogen-bond acceptors (Lipinski definition) is 6. The predicted molar refractivity (Wildman–Crippen MR) is 116 cm³/mol. The molecule has 1 atom stereocenters. The molecule has 0 saturated heterocycles. The quantitative estimate of drug-likeness (QED) is 0.461. The maximum absolute atomic E-state index is 13.4. The molecule has 0 radical (unpaired) electrons. The van der Waals surface area contributed by atoms with E-state index in [-0.39, 0.29) is 22.1 Å². The van der Waals surface area contributed by atoms with Gasteiger partial charge in [0.25, 0.3) is 5.56 Å². The highest BCUT2D eigenvalue weighted by atomic mass is 35.5. The number of nitrogens with zero attached hydrogens (tertiary/aromatic N) is 4. The first-order valence-electron chi connectivity index (χ1n) is 9.40. The van der Waals surface area contributed by atoms with Gasteiger partial charge in [0.15, 0.2) is 5.69 Å². The van der Waals surface area contributed by atoms with Crippen molar-refractivity contribution in [2.45, 2.75) is 19.1 Å². The van der Waals surface area contributed by atoms with Crippen molar-refractivity contribution in [3.63, 3.8) is 0 Å². The van der Waals surface area contributed by atoms with Crippen LogP contribution in [0.2, 0.25) is 5.02 Å². The summed E-state index contributed by atoms with van der Waals surface area (Å²) >= 11 is 6.25. The van der Waals surface area contributed by atoms with E-state index in [4.69, 9.17) is 17.3 Å². The number of fused-ring (bicyclic) bond motifs is 1. The lowest BCUT2D eigenvalue weighted by Gasteiger charge is -2.20. The summed E-state index contributed by atoms with van der Waals surface area (Å²) in [4.78, 5) is 25.0. The first-order chi connectivity index (χ1) is 15.1. The number of nitrogens with one attached hydrogen (secondary N) is 1. The Hall–Kier alpha value is -3.66. The van der Waals surface area contributed by atoms with Crippen LogP contribution in [0.15, 0.2) is 59.4 Å². The Morgan fingerprint density at radius 1 is 1.06 bits per heavy atom. The monoisotopic (exact) mass is 460 g/mol. The minimum Gasteiger partial charge on any atom is -0.368 e. The van der Waals surface area contributed by atoms with Crippen LogP contribution in [0.5, 0.6) is 0 Å². The largest absolute Gasteiger partial charge is 0.433 e. The zero-order valence-electron chi connectivity index (χ0n) is 16.6. The van der Waals surface area contributed by atoms with Gasteiger partial charge < -0.3 is 11.1 Å². The third-order valence-electron chi connectivity index (χ3n) is 4.67. The smallest absolute Gasteiger partial charge is 0.368 e. The lowest BCUT2D eigenvalue weighted by Crippen LogP contribution is -2.27. The van der Waals surface area contributed by atoms with E-state index >= 15 is 0 Å². The average Bonchev–Trinajstić information content (AvgIpc) is 2.73. The van der Waals surface area contributed by atoms with Crippen molar-refractivity contribution >= 4 is 34.3 Å². The molecule has 32 heavy (non-hydrogen) atoms. The molecule has 4 rings (SSSR count). The Balaban J connectivity index is 1.87. The molecule has 164 valence electrons. The first kappa shape index (κ1) is 21.6. The molecular formula is C21H16ClF3N6O. The summed E-state index contributed by atoms with van der Waals surface area (Å²) in [5.41, 5.74) is 4.75. The van der Waals surface area contributed by atoms with E-state index in [2.05, 4.69) is 20.3 Å².